The predicted octanol–water partition coefficient (Wildman–Crippen LogP) is 3.22. The number of anilines is 1. The molecule has 27 heavy (non-hydrogen) atoms. The van der Waals surface area contributed by atoms with Crippen molar-refractivity contribution in [3.63, 3.8) is 0 Å². The molecule has 2 amide bonds. The van der Waals surface area contributed by atoms with Crippen LogP contribution in [0.15, 0.2) is 24.3 Å². The highest BCUT2D eigenvalue weighted by Crippen LogP contribution is 2.34. The molecule has 0 bridgehead atoms. The van der Waals surface area contributed by atoms with Gasteiger partial charge in [0.15, 0.2) is 0 Å². The maximum atomic E-state index is 13.0. The highest BCUT2D eigenvalue weighted by Gasteiger charge is 2.34. The average molecular weight is 385 g/mol. The van der Waals surface area contributed by atoms with E-state index in [0.29, 0.717) is 5.92 Å². The topological polar surface area (TPSA) is 52.7 Å². The van der Waals surface area contributed by atoms with E-state index in [-0.39, 0.29) is 24.2 Å². The lowest BCUT2D eigenvalue weighted by molar-refractivity contribution is -0.139. The molecule has 1 N–H and O–H groups in total. The summed E-state index contributed by atoms with van der Waals surface area (Å²) in [5.74, 6) is -0.369. The smallest absolute Gasteiger partial charge is 0.335 e. The number of hydrogen-bond acceptors (Lipinski definition) is 3. The molecule has 1 fully saturated rings. The fourth-order valence-corrected chi connectivity index (χ4v) is 3.38. The first kappa shape index (κ1) is 21.2. The van der Waals surface area contributed by atoms with E-state index < -0.39 is 17.6 Å². The largest absolute Gasteiger partial charge is 0.418 e. The van der Waals surface area contributed by atoms with Gasteiger partial charge >= 0.3 is 6.18 Å². The second-order valence-electron chi connectivity index (χ2n) is 7.20. The monoisotopic (exact) mass is 385 g/mol. The third kappa shape index (κ3) is 5.69. The standard InChI is InChI=1S/C19H26F3N3O2/c1-13-7-6-10-25(11-13)14(2)18(27)24(3)12-17(26)23-16-9-5-4-8-15(16)19(20,21)22/h4-5,8-9,13-14H,6-7,10-12H2,1-3H3,(H,23,26)/t13-,14+/m1/s1. The molecule has 0 unspecified atom stereocenters. The molecule has 1 aliphatic heterocycles. The van der Waals surface area contributed by atoms with Crippen LogP contribution < -0.4 is 5.32 Å². The molecule has 2 atom stereocenters. The van der Waals surface area contributed by atoms with Gasteiger partial charge in [0.05, 0.1) is 23.8 Å². The van der Waals surface area contributed by atoms with Crippen molar-refractivity contribution < 1.29 is 22.8 Å². The Kier molecular flexibility index (Phi) is 6.86. The van der Waals surface area contributed by atoms with E-state index in [0.717, 1.165) is 32.0 Å². The van der Waals surface area contributed by atoms with Crippen LogP contribution in [-0.4, -0.2) is 54.3 Å². The first-order valence-electron chi connectivity index (χ1n) is 9.04. The zero-order valence-electron chi connectivity index (χ0n) is 15.8. The van der Waals surface area contributed by atoms with Crippen molar-refractivity contribution in [2.45, 2.75) is 38.9 Å². The van der Waals surface area contributed by atoms with Gasteiger partial charge in [-0.2, -0.15) is 13.2 Å². The van der Waals surface area contributed by atoms with Crippen LogP contribution in [0.1, 0.15) is 32.3 Å². The lowest BCUT2D eigenvalue weighted by atomic mass is 9.99. The van der Waals surface area contributed by atoms with Gasteiger partial charge in [0.1, 0.15) is 0 Å². The first-order valence-corrected chi connectivity index (χ1v) is 9.04. The third-order valence-electron chi connectivity index (χ3n) is 4.86. The van der Waals surface area contributed by atoms with Crippen molar-refractivity contribution in [1.82, 2.24) is 9.80 Å². The number of carbonyl (C=O) groups is 2. The zero-order chi connectivity index (χ0) is 20.2. The number of hydrogen-bond donors (Lipinski definition) is 1. The minimum absolute atomic E-state index is 0.219. The van der Waals surface area contributed by atoms with Gasteiger partial charge in [0.2, 0.25) is 11.8 Å². The van der Waals surface area contributed by atoms with Gasteiger partial charge in [-0.05, 0) is 44.4 Å². The van der Waals surface area contributed by atoms with E-state index in [1.165, 1.54) is 30.1 Å². The summed E-state index contributed by atoms with van der Waals surface area (Å²) >= 11 is 0. The number of alkyl halides is 3. The summed E-state index contributed by atoms with van der Waals surface area (Å²) in [5, 5.41) is 2.26. The van der Waals surface area contributed by atoms with Crippen LogP contribution in [0.25, 0.3) is 0 Å². The van der Waals surface area contributed by atoms with E-state index in [9.17, 15) is 22.8 Å². The van der Waals surface area contributed by atoms with E-state index >= 15 is 0 Å². The fraction of sp³-hybridized carbons (Fsp3) is 0.579. The quantitative estimate of drug-likeness (QED) is 0.847. The molecule has 150 valence electrons. The SMILES string of the molecule is C[C@@H]1CCCN([C@@H](C)C(=O)N(C)CC(=O)Nc2ccccc2C(F)(F)F)C1. The molecule has 2 rings (SSSR count). The number of benzene rings is 1. The second-order valence-corrected chi connectivity index (χ2v) is 7.20. The van der Waals surface area contributed by atoms with Crippen LogP contribution in [0.2, 0.25) is 0 Å². The van der Waals surface area contributed by atoms with Crippen LogP contribution in [0, 0.1) is 5.92 Å². The summed E-state index contributed by atoms with van der Waals surface area (Å²) in [5.41, 5.74) is -1.23. The van der Waals surface area contributed by atoms with Gasteiger partial charge in [0, 0.05) is 13.6 Å². The predicted molar refractivity (Wildman–Crippen MR) is 97.1 cm³/mol. The van der Waals surface area contributed by atoms with Crippen LogP contribution in [0.5, 0.6) is 0 Å². The van der Waals surface area contributed by atoms with E-state index in [2.05, 4.69) is 17.1 Å². The molecular weight excluding hydrogens is 359 g/mol. The highest BCUT2D eigenvalue weighted by atomic mass is 19.4. The summed E-state index contributed by atoms with van der Waals surface area (Å²) in [6.07, 6.45) is -2.41. The Morgan fingerprint density at radius 1 is 1.33 bits per heavy atom. The number of amides is 2. The lowest BCUT2D eigenvalue weighted by Crippen LogP contribution is -2.50. The molecule has 5 nitrogen and oxygen atoms in total. The van der Waals surface area contributed by atoms with Gasteiger partial charge in [0.25, 0.3) is 0 Å². The second kappa shape index (κ2) is 8.73. The lowest BCUT2D eigenvalue weighted by Gasteiger charge is -2.36. The van der Waals surface area contributed by atoms with Crippen molar-refractivity contribution >= 4 is 17.5 Å². The van der Waals surface area contributed by atoms with Gasteiger partial charge in [-0.3, -0.25) is 14.5 Å². The van der Waals surface area contributed by atoms with Crippen LogP contribution in [-0.2, 0) is 15.8 Å². The van der Waals surface area contributed by atoms with E-state index in [1.54, 1.807) is 6.92 Å². The average Bonchev–Trinajstić information content (AvgIpc) is 2.59. The minimum atomic E-state index is -4.56. The Labute approximate surface area is 157 Å². The Morgan fingerprint density at radius 3 is 2.63 bits per heavy atom. The Balaban J connectivity index is 1.96. The highest BCUT2D eigenvalue weighted by molar-refractivity contribution is 5.95. The number of likely N-dealkylation sites (tertiary alicyclic amines) is 1. The van der Waals surface area contributed by atoms with Gasteiger partial charge in [-0.15, -0.1) is 0 Å². The fourth-order valence-electron chi connectivity index (χ4n) is 3.38. The Hall–Kier alpha value is -2.09. The van der Waals surface area contributed by atoms with Crippen molar-refractivity contribution in [1.29, 1.82) is 0 Å². The number of rotatable bonds is 5. The third-order valence-corrected chi connectivity index (χ3v) is 4.86. The van der Waals surface area contributed by atoms with Gasteiger partial charge < -0.3 is 10.2 Å². The molecule has 1 aromatic rings. The van der Waals surface area contributed by atoms with E-state index in [4.69, 9.17) is 0 Å². The molecule has 0 aliphatic carbocycles. The molecule has 1 aromatic carbocycles. The molecule has 8 heteroatoms. The number of piperidine rings is 1. The zero-order valence-corrected chi connectivity index (χ0v) is 15.8. The Bertz CT molecular complexity index is 678. The summed E-state index contributed by atoms with van der Waals surface area (Å²) in [7, 11) is 1.49. The number of nitrogens with zero attached hydrogens (tertiary/aromatic N) is 2. The maximum Gasteiger partial charge on any atom is 0.418 e. The molecule has 0 radical (unpaired) electrons. The number of para-hydroxylation sites is 1. The summed E-state index contributed by atoms with van der Waals surface area (Å²) in [6.45, 7) is 5.28. The molecule has 1 heterocycles. The molecule has 0 aromatic heterocycles. The molecule has 1 saturated heterocycles. The van der Waals surface area contributed by atoms with Crippen molar-refractivity contribution in [3.05, 3.63) is 29.8 Å². The summed E-state index contributed by atoms with van der Waals surface area (Å²) < 4.78 is 39.0. The van der Waals surface area contributed by atoms with Crippen molar-refractivity contribution in [2.24, 2.45) is 5.92 Å². The first-order chi connectivity index (χ1) is 12.6. The van der Waals surface area contributed by atoms with E-state index in [1.807, 2.05) is 0 Å². The van der Waals surface area contributed by atoms with Crippen molar-refractivity contribution in [3.8, 4) is 0 Å². The Morgan fingerprint density at radius 2 is 2.00 bits per heavy atom. The summed E-state index contributed by atoms with van der Waals surface area (Å²) in [4.78, 5) is 28.1. The molecule has 1 aliphatic rings. The van der Waals surface area contributed by atoms with Crippen LogP contribution in [0.4, 0.5) is 18.9 Å². The molecule has 0 saturated carbocycles. The summed E-state index contributed by atoms with van der Waals surface area (Å²) in [6, 6.07) is 4.41. The maximum absolute atomic E-state index is 13.0. The normalized spacial score (nSPS) is 19.4. The minimum Gasteiger partial charge on any atom is -0.335 e. The van der Waals surface area contributed by atoms with Crippen LogP contribution >= 0.6 is 0 Å². The molecular formula is C19H26F3N3O2. The number of carbonyl (C=O) groups excluding carboxylic acids is 2. The van der Waals surface area contributed by atoms with Gasteiger partial charge in [-0.25, -0.2) is 0 Å². The number of nitrogens with one attached hydrogen (secondary N) is 1. The van der Waals surface area contributed by atoms with Gasteiger partial charge in [-0.1, -0.05) is 19.1 Å². The molecule has 0 spiro atoms. The number of halogens is 3. The number of likely N-dealkylation sites (N-methyl/N-ethyl adjacent to an activating group) is 1. The van der Waals surface area contributed by atoms with Crippen molar-refractivity contribution in [2.75, 3.05) is 32.0 Å². The van der Waals surface area contributed by atoms with Crippen LogP contribution in [0.3, 0.4) is 0 Å².